The van der Waals surface area contributed by atoms with Gasteiger partial charge in [-0.05, 0) is 49.2 Å². The molecule has 0 saturated carbocycles. The molecular formula is C10H14N2O2S. The Kier molecular flexibility index (Phi) is 2.77. The van der Waals surface area contributed by atoms with Gasteiger partial charge in [0.05, 0.1) is 4.90 Å². The van der Waals surface area contributed by atoms with Crippen molar-refractivity contribution in [3.8, 4) is 0 Å². The summed E-state index contributed by atoms with van der Waals surface area (Å²) in [6.07, 6.45) is 1.80. The van der Waals surface area contributed by atoms with Crippen LogP contribution in [0.5, 0.6) is 0 Å². The molecule has 0 radical (unpaired) electrons. The fraction of sp³-hybridized carbons (Fsp3) is 0.400. The van der Waals surface area contributed by atoms with Crippen molar-refractivity contribution in [2.24, 2.45) is 5.14 Å². The van der Waals surface area contributed by atoms with Crippen LogP contribution in [0.4, 0.5) is 0 Å². The summed E-state index contributed by atoms with van der Waals surface area (Å²) in [5, 5.41) is 8.36. The van der Waals surface area contributed by atoms with E-state index >= 15 is 0 Å². The molecule has 0 saturated heterocycles. The first-order valence-electron chi connectivity index (χ1n) is 4.93. The minimum Gasteiger partial charge on any atom is -0.316 e. The van der Waals surface area contributed by atoms with Crippen molar-refractivity contribution >= 4 is 10.0 Å². The number of benzene rings is 1. The van der Waals surface area contributed by atoms with Gasteiger partial charge >= 0.3 is 0 Å². The summed E-state index contributed by atoms with van der Waals surface area (Å²) in [6.45, 7) is 1.84. The molecule has 15 heavy (non-hydrogen) atoms. The van der Waals surface area contributed by atoms with Gasteiger partial charge in [0, 0.05) is 0 Å². The molecule has 0 bridgehead atoms. The smallest absolute Gasteiger partial charge is 0.238 e. The van der Waals surface area contributed by atoms with E-state index in [0.717, 1.165) is 31.5 Å². The predicted octanol–water partition coefficient (Wildman–Crippen LogP) is 0.0222. The summed E-state index contributed by atoms with van der Waals surface area (Å²) in [7, 11) is -3.57. The molecule has 5 heteroatoms. The Morgan fingerprint density at radius 3 is 2.47 bits per heavy atom. The number of hydrogen-bond acceptors (Lipinski definition) is 3. The number of fused-ring (bicyclic) bond motifs is 1. The van der Waals surface area contributed by atoms with Crippen LogP contribution in [-0.4, -0.2) is 21.5 Å². The van der Waals surface area contributed by atoms with Crippen LogP contribution in [0.1, 0.15) is 11.1 Å². The minimum atomic E-state index is -3.57. The quantitative estimate of drug-likeness (QED) is 0.709. The van der Waals surface area contributed by atoms with E-state index < -0.39 is 10.0 Å². The molecule has 0 unspecified atom stereocenters. The second kappa shape index (κ2) is 3.92. The summed E-state index contributed by atoms with van der Waals surface area (Å²) in [4.78, 5) is 0.211. The van der Waals surface area contributed by atoms with Gasteiger partial charge in [-0.1, -0.05) is 6.07 Å². The Morgan fingerprint density at radius 2 is 1.80 bits per heavy atom. The zero-order valence-corrected chi connectivity index (χ0v) is 9.18. The summed E-state index contributed by atoms with van der Waals surface area (Å²) < 4.78 is 22.3. The van der Waals surface area contributed by atoms with Crippen LogP contribution in [0, 0.1) is 0 Å². The van der Waals surface area contributed by atoms with Crippen molar-refractivity contribution in [2.45, 2.75) is 17.7 Å². The molecule has 0 spiro atoms. The first-order valence-corrected chi connectivity index (χ1v) is 6.47. The Balaban J connectivity index is 2.45. The maximum atomic E-state index is 11.2. The van der Waals surface area contributed by atoms with Gasteiger partial charge in [0.15, 0.2) is 0 Å². The normalized spacial score (nSPS) is 16.9. The van der Waals surface area contributed by atoms with Gasteiger partial charge in [0.25, 0.3) is 0 Å². The van der Waals surface area contributed by atoms with Crippen LogP contribution in [0.25, 0.3) is 0 Å². The highest BCUT2D eigenvalue weighted by Gasteiger charge is 2.12. The van der Waals surface area contributed by atoms with E-state index in [4.69, 9.17) is 5.14 Å². The van der Waals surface area contributed by atoms with E-state index in [1.807, 2.05) is 6.07 Å². The molecule has 2 rings (SSSR count). The molecule has 0 atom stereocenters. The van der Waals surface area contributed by atoms with Crippen molar-refractivity contribution in [3.63, 3.8) is 0 Å². The van der Waals surface area contributed by atoms with Gasteiger partial charge in [0.2, 0.25) is 10.0 Å². The summed E-state index contributed by atoms with van der Waals surface area (Å²) >= 11 is 0. The highest BCUT2D eigenvalue weighted by Crippen LogP contribution is 2.17. The number of nitrogens with two attached hydrogens (primary N) is 1. The van der Waals surface area contributed by atoms with Crippen LogP contribution >= 0.6 is 0 Å². The van der Waals surface area contributed by atoms with Crippen LogP contribution in [-0.2, 0) is 22.9 Å². The van der Waals surface area contributed by atoms with E-state index in [1.54, 1.807) is 12.1 Å². The molecule has 82 valence electrons. The van der Waals surface area contributed by atoms with Gasteiger partial charge in [0.1, 0.15) is 0 Å². The van der Waals surface area contributed by atoms with Crippen LogP contribution in [0.2, 0.25) is 0 Å². The van der Waals surface area contributed by atoms with Crippen molar-refractivity contribution in [3.05, 3.63) is 29.3 Å². The summed E-state index contributed by atoms with van der Waals surface area (Å²) in [5.41, 5.74) is 2.30. The molecule has 3 N–H and O–H groups in total. The monoisotopic (exact) mass is 226 g/mol. The predicted molar refractivity (Wildman–Crippen MR) is 58.1 cm³/mol. The Labute approximate surface area is 89.5 Å². The number of rotatable bonds is 1. The maximum Gasteiger partial charge on any atom is 0.238 e. The molecule has 0 amide bonds. The second-order valence-electron chi connectivity index (χ2n) is 3.73. The first-order chi connectivity index (χ1) is 7.07. The summed E-state index contributed by atoms with van der Waals surface area (Å²) in [6, 6.07) is 5.14. The Morgan fingerprint density at radius 1 is 1.13 bits per heavy atom. The van der Waals surface area contributed by atoms with E-state index in [0.29, 0.717) is 0 Å². The second-order valence-corrected chi connectivity index (χ2v) is 5.29. The number of sulfonamides is 1. The molecule has 1 heterocycles. The molecule has 4 nitrogen and oxygen atoms in total. The average Bonchev–Trinajstić information content (AvgIpc) is 2.39. The number of hydrogen-bond donors (Lipinski definition) is 2. The van der Waals surface area contributed by atoms with Crippen LogP contribution in [0.3, 0.4) is 0 Å². The maximum absolute atomic E-state index is 11.2. The number of nitrogens with one attached hydrogen (secondary N) is 1. The fourth-order valence-corrected chi connectivity index (χ4v) is 2.39. The zero-order chi connectivity index (χ0) is 10.9. The van der Waals surface area contributed by atoms with Crippen molar-refractivity contribution in [1.82, 2.24) is 5.32 Å². The number of primary sulfonamides is 1. The third-order valence-corrected chi connectivity index (χ3v) is 3.56. The zero-order valence-electron chi connectivity index (χ0n) is 8.36. The lowest BCUT2D eigenvalue weighted by Gasteiger charge is -2.06. The lowest BCUT2D eigenvalue weighted by molar-refractivity contribution is 0.597. The topological polar surface area (TPSA) is 72.2 Å². The van der Waals surface area contributed by atoms with E-state index in [9.17, 15) is 8.42 Å². The molecule has 1 aliphatic rings. The van der Waals surface area contributed by atoms with Gasteiger partial charge in [-0.25, -0.2) is 13.6 Å². The van der Waals surface area contributed by atoms with Gasteiger partial charge in [-0.2, -0.15) is 0 Å². The lowest BCUT2D eigenvalue weighted by Crippen LogP contribution is -2.16. The van der Waals surface area contributed by atoms with Gasteiger partial charge in [-0.3, -0.25) is 0 Å². The molecule has 1 aromatic carbocycles. The average molecular weight is 226 g/mol. The van der Waals surface area contributed by atoms with Crippen molar-refractivity contribution < 1.29 is 8.42 Å². The largest absolute Gasteiger partial charge is 0.316 e. The van der Waals surface area contributed by atoms with Gasteiger partial charge < -0.3 is 5.32 Å². The van der Waals surface area contributed by atoms with E-state index in [2.05, 4.69) is 5.32 Å². The molecule has 0 fully saturated rings. The highest BCUT2D eigenvalue weighted by molar-refractivity contribution is 7.89. The first kappa shape index (κ1) is 10.6. The highest BCUT2D eigenvalue weighted by atomic mass is 32.2. The SMILES string of the molecule is NS(=O)(=O)c1ccc2c(c1)CCNCC2. The third kappa shape index (κ3) is 2.37. The van der Waals surface area contributed by atoms with Crippen molar-refractivity contribution in [1.29, 1.82) is 0 Å². The van der Waals surface area contributed by atoms with Crippen LogP contribution in [0.15, 0.2) is 23.1 Å². The Hall–Kier alpha value is -0.910. The molecule has 0 aliphatic carbocycles. The Bertz CT molecular complexity index is 468. The van der Waals surface area contributed by atoms with E-state index in [1.165, 1.54) is 5.56 Å². The fourth-order valence-electron chi connectivity index (χ4n) is 1.83. The van der Waals surface area contributed by atoms with Gasteiger partial charge in [-0.15, -0.1) is 0 Å². The van der Waals surface area contributed by atoms with Crippen molar-refractivity contribution in [2.75, 3.05) is 13.1 Å². The molecule has 0 aromatic heterocycles. The molecule has 1 aliphatic heterocycles. The molecular weight excluding hydrogens is 212 g/mol. The minimum absolute atomic E-state index is 0.211. The van der Waals surface area contributed by atoms with E-state index in [-0.39, 0.29) is 4.90 Å². The standard InChI is InChI=1S/C10H14N2O2S/c11-15(13,14)10-2-1-8-3-5-12-6-4-9(8)7-10/h1-2,7,12H,3-6H2,(H2,11,13,14). The molecule has 1 aromatic rings. The summed E-state index contributed by atoms with van der Waals surface area (Å²) in [5.74, 6) is 0. The third-order valence-electron chi connectivity index (χ3n) is 2.65. The van der Waals surface area contributed by atoms with Crippen LogP contribution < -0.4 is 10.5 Å². The lowest BCUT2D eigenvalue weighted by atomic mass is 10.0.